The summed E-state index contributed by atoms with van der Waals surface area (Å²) in [4.78, 5) is 1.14. The maximum atomic E-state index is 6.40. The maximum Gasteiger partial charge on any atom is 0.223 e. The zero-order chi connectivity index (χ0) is 17.5. The first-order valence-electron chi connectivity index (χ1n) is 8.63. The van der Waals surface area contributed by atoms with E-state index in [9.17, 15) is 0 Å². The number of hydrazone groups is 1. The number of fused-ring (bicyclic) bond motifs is 3. The van der Waals surface area contributed by atoms with Gasteiger partial charge in [0.15, 0.2) is 11.5 Å². The zero-order valence-electron chi connectivity index (χ0n) is 14.3. The molecular formula is C21H18N2O2S. The summed E-state index contributed by atoms with van der Waals surface area (Å²) in [6.45, 7) is 0. The van der Waals surface area contributed by atoms with Crippen molar-refractivity contribution in [3.8, 4) is 11.5 Å². The third-order valence-electron chi connectivity index (χ3n) is 4.89. The van der Waals surface area contributed by atoms with Gasteiger partial charge in [-0.15, -0.1) is 11.3 Å². The second kappa shape index (κ2) is 6.18. The van der Waals surface area contributed by atoms with E-state index in [0.29, 0.717) is 0 Å². The smallest absolute Gasteiger partial charge is 0.223 e. The van der Waals surface area contributed by atoms with Gasteiger partial charge in [-0.2, -0.15) is 5.10 Å². The first-order valence-corrected chi connectivity index (χ1v) is 9.51. The lowest BCUT2D eigenvalue weighted by atomic mass is 9.96. The summed E-state index contributed by atoms with van der Waals surface area (Å²) in [6, 6.07) is 20.8. The van der Waals surface area contributed by atoms with E-state index >= 15 is 0 Å². The predicted molar refractivity (Wildman–Crippen MR) is 103 cm³/mol. The second-order valence-electron chi connectivity index (χ2n) is 6.38. The van der Waals surface area contributed by atoms with Gasteiger partial charge in [0.2, 0.25) is 6.23 Å². The molecule has 2 aromatic carbocycles. The summed E-state index contributed by atoms with van der Waals surface area (Å²) in [5.41, 5.74) is 3.39. The Morgan fingerprint density at radius 3 is 2.73 bits per heavy atom. The Balaban J connectivity index is 1.62. The van der Waals surface area contributed by atoms with E-state index in [1.807, 2.05) is 24.3 Å². The number of benzene rings is 2. The van der Waals surface area contributed by atoms with Crippen LogP contribution in [0.5, 0.6) is 11.5 Å². The van der Waals surface area contributed by atoms with Gasteiger partial charge in [0.25, 0.3) is 0 Å². The largest absolute Gasteiger partial charge is 0.493 e. The van der Waals surface area contributed by atoms with Crippen molar-refractivity contribution >= 4 is 17.0 Å². The molecule has 3 aromatic rings. The molecule has 0 N–H and O–H groups in total. The molecule has 1 aromatic heterocycles. The van der Waals surface area contributed by atoms with Crippen LogP contribution in [0, 0.1) is 0 Å². The molecule has 0 bridgehead atoms. The summed E-state index contributed by atoms with van der Waals surface area (Å²) in [5.74, 6) is 1.61. The predicted octanol–water partition coefficient (Wildman–Crippen LogP) is 5.00. The Kier molecular flexibility index (Phi) is 3.68. The molecule has 3 heterocycles. The summed E-state index contributed by atoms with van der Waals surface area (Å²) >= 11 is 1.69. The van der Waals surface area contributed by atoms with Gasteiger partial charge < -0.3 is 9.47 Å². The summed E-state index contributed by atoms with van der Waals surface area (Å²) in [5, 5.41) is 9.14. The van der Waals surface area contributed by atoms with Crippen molar-refractivity contribution in [2.75, 3.05) is 7.11 Å². The minimum Gasteiger partial charge on any atom is -0.493 e. The molecule has 0 saturated heterocycles. The van der Waals surface area contributed by atoms with Crippen molar-refractivity contribution in [1.82, 2.24) is 5.01 Å². The van der Waals surface area contributed by atoms with Crippen molar-refractivity contribution < 1.29 is 9.47 Å². The molecule has 0 radical (unpaired) electrons. The first-order chi connectivity index (χ1) is 12.8. The second-order valence-corrected chi connectivity index (χ2v) is 7.36. The molecule has 4 nitrogen and oxygen atoms in total. The molecule has 0 aliphatic carbocycles. The van der Waals surface area contributed by atoms with Crippen LogP contribution in [0.4, 0.5) is 0 Å². The number of methoxy groups -OCH3 is 1. The summed E-state index contributed by atoms with van der Waals surface area (Å²) in [7, 11) is 1.69. The number of hydrogen-bond acceptors (Lipinski definition) is 5. The number of thiophene rings is 1. The third-order valence-corrected chi connectivity index (χ3v) is 5.80. The molecule has 26 heavy (non-hydrogen) atoms. The van der Waals surface area contributed by atoms with Crippen molar-refractivity contribution in [3.63, 3.8) is 0 Å². The van der Waals surface area contributed by atoms with Crippen LogP contribution < -0.4 is 9.47 Å². The molecule has 0 unspecified atom stereocenters. The fraction of sp³-hybridized carbons (Fsp3) is 0.190. The summed E-state index contributed by atoms with van der Waals surface area (Å²) in [6.07, 6.45) is 0.625. The average molecular weight is 362 g/mol. The SMILES string of the molecule is COc1cccc2c1O[C@H](c1cccs1)N1N=C(c3ccccc3)C[C@H]21. The standard InChI is InChI=1S/C21H18N2O2S/c1-24-18-10-5-9-15-17-13-16(14-7-3-2-4-8-14)22-23(17)21(25-20(15)18)19-11-6-12-26-19/h2-12,17,21H,13H2,1H3/t17-,21-/m1/s1. The van der Waals surface area contributed by atoms with E-state index < -0.39 is 0 Å². The number of para-hydroxylation sites is 1. The third kappa shape index (κ3) is 2.39. The number of hydrogen-bond donors (Lipinski definition) is 0. The van der Waals surface area contributed by atoms with E-state index in [-0.39, 0.29) is 12.3 Å². The van der Waals surface area contributed by atoms with E-state index in [1.54, 1.807) is 18.4 Å². The zero-order valence-corrected chi connectivity index (χ0v) is 15.1. The molecule has 2 aliphatic heterocycles. The van der Waals surface area contributed by atoms with Gasteiger partial charge in [-0.25, -0.2) is 5.01 Å². The lowest BCUT2D eigenvalue weighted by Gasteiger charge is -2.38. The Morgan fingerprint density at radius 1 is 1.08 bits per heavy atom. The van der Waals surface area contributed by atoms with Gasteiger partial charge in [-0.1, -0.05) is 48.5 Å². The van der Waals surface area contributed by atoms with E-state index in [1.165, 1.54) is 0 Å². The summed E-state index contributed by atoms with van der Waals surface area (Å²) < 4.78 is 12.0. The minimum atomic E-state index is -0.231. The average Bonchev–Trinajstić information content (AvgIpc) is 3.37. The van der Waals surface area contributed by atoms with Crippen LogP contribution in [0.1, 0.15) is 34.7 Å². The van der Waals surface area contributed by atoms with E-state index in [4.69, 9.17) is 14.6 Å². The fourth-order valence-electron chi connectivity index (χ4n) is 3.67. The highest BCUT2D eigenvalue weighted by Gasteiger charge is 2.42. The Bertz CT molecular complexity index is 953. The van der Waals surface area contributed by atoms with Crippen LogP contribution in [-0.2, 0) is 0 Å². The number of rotatable bonds is 3. The first kappa shape index (κ1) is 15.5. The van der Waals surface area contributed by atoms with Crippen molar-refractivity contribution in [3.05, 3.63) is 82.0 Å². The molecule has 0 fully saturated rings. The molecule has 5 heteroatoms. The highest BCUT2D eigenvalue weighted by molar-refractivity contribution is 7.10. The van der Waals surface area contributed by atoms with E-state index in [2.05, 4.69) is 46.8 Å². The quantitative estimate of drug-likeness (QED) is 0.658. The van der Waals surface area contributed by atoms with Gasteiger partial charge >= 0.3 is 0 Å². The normalized spacial score (nSPS) is 20.8. The fourth-order valence-corrected chi connectivity index (χ4v) is 4.41. The highest BCUT2D eigenvalue weighted by Crippen LogP contribution is 2.51. The molecule has 2 atom stereocenters. The van der Waals surface area contributed by atoms with Gasteiger partial charge in [0.05, 0.1) is 23.7 Å². The van der Waals surface area contributed by atoms with Crippen LogP contribution >= 0.6 is 11.3 Å². The Hall–Kier alpha value is -2.79. The van der Waals surface area contributed by atoms with Crippen LogP contribution in [0.15, 0.2) is 71.1 Å². The lowest BCUT2D eigenvalue weighted by Crippen LogP contribution is -2.33. The van der Waals surface area contributed by atoms with E-state index in [0.717, 1.165) is 39.6 Å². The molecule has 0 saturated carbocycles. The van der Waals surface area contributed by atoms with Crippen molar-refractivity contribution in [2.24, 2.45) is 5.10 Å². The topological polar surface area (TPSA) is 34.1 Å². The van der Waals surface area contributed by atoms with Crippen molar-refractivity contribution in [2.45, 2.75) is 18.7 Å². The monoisotopic (exact) mass is 362 g/mol. The number of nitrogens with zero attached hydrogens (tertiary/aromatic N) is 2. The van der Waals surface area contributed by atoms with Gasteiger partial charge in [-0.05, 0) is 23.1 Å². The Labute approximate surface area is 156 Å². The van der Waals surface area contributed by atoms with Gasteiger partial charge in [-0.3, -0.25) is 0 Å². The van der Waals surface area contributed by atoms with Gasteiger partial charge in [0, 0.05) is 12.0 Å². The molecule has 5 rings (SSSR count). The molecule has 0 spiro atoms. The maximum absolute atomic E-state index is 6.40. The van der Waals surface area contributed by atoms with Crippen LogP contribution in [0.3, 0.4) is 0 Å². The van der Waals surface area contributed by atoms with Gasteiger partial charge in [0.1, 0.15) is 0 Å². The van der Waals surface area contributed by atoms with Crippen LogP contribution in [0.2, 0.25) is 0 Å². The van der Waals surface area contributed by atoms with Crippen LogP contribution in [0.25, 0.3) is 0 Å². The lowest BCUT2D eigenvalue weighted by molar-refractivity contribution is -0.0184. The Morgan fingerprint density at radius 2 is 1.96 bits per heavy atom. The molecular weight excluding hydrogens is 344 g/mol. The molecule has 2 aliphatic rings. The minimum absolute atomic E-state index is 0.149. The number of ether oxygens (including phenoxy) is 2. The molecule has 130 valence electrons. The molecule has 0 amide bonds. The van der Waals surface area contributed by atoms with Crippen molar-refractivity contribution in [1.29, 1.82) is 0 Å². The highest BCUT2D eigenvalue weighted by atomic mass is 32.1. The van der Waals surface area contributed by atoms with Crippen LogP contribution in [-0.4, -0.2) is 17.8 Å².